The van der Waals surface area contributed by atoms with E-state index in [0.717, 1.165) is 10.0 Å². The second-order valence-electron chi connectivity index (χ2n) is 4.44. The van der Waals surface area contributed by atoms with Gasteiger partial charge in [-0.1, -0.05) is 34.1 Å². The van der Waals surface area contributed by atoms with Gasteiger partial charge in [-0.2, -0.15) is 0 Å². The summed E-state index contributed by atoms with van der Waals surface area (Å²) >= 11 is 6.80. The fourth-order valence-corrected chi connectivity index (χ4v) is 2.85. The van der Waals surface area contributed by atoms with E-state index < -0.39 is 0 Å². The molecule has 0 fully saturated rings. The number of methoxy groups -OCH3 is 2. The highest BCUT2D eigenvalue weighted by molar-refractivity contribution is 9.10. The molecule has 0 aromatic heterocycles. The molecule has 2 rings (SSSR count). The van der Waals surface area contributed by atoms with Gasteiger partial charge in [-0.3, -0.25) is 4.79 Å². The highest BCUT2D eigenvalue weighted by Crippen LogP contribution is 2.33. The number of carbonyl (C=O) groups excluding carboxylic acids is 1. The number of ketones is 1. The minimum absolute atomic E-state index is 0.118. The van der Waals surface area contributed by atoms with E-state index in [1.807, 2.05) is 24.3 Å². The molecule has 0 aliphatic carbocycles. The number of rotatable bonds is 5. The Bertz CT molecular complexity index is 724. The van der Waals surface area contributed by atoms with Crippen LogP contribution in [0, 0.1) is 0 Å². The molecule has 0 bridgehead atoms. The van der Waals surface area contributed by atoms with E-state index in [1.165, 1.54) is 13.2 Å². The fourth-order valence-electron chi connectivity index (χ4n) is 1.91. The van der Waals surface area contributed by atoms with Crippen molar-refractivity contribution in [3.63, 3.8) is 0 Å². The number of ether oxygens (including phenoxy) is 2. The highest BCUT2D eigenvalue weighted by Gasteiger charge is 2.13. The van der Waals surface area contributed by atoms with Crippen LogP contribution in [0.5, 0.6) is 11.5 Å². The number of halogens is 2. The first-order valence-electron chi connectivity index (χ1n) is 6.44. The summed E-state index contributed by atoms with van der Waals surface area (Å²) in [6, 6.07) is 11.1. The maximum Gasteiger partial charge on any atom is 0.187 e. The molecule has 0 amide bonds. The molecule has 114 valence electrons. The van der Waals surface area contributed by atoms with Crippen LogP contribution in [0.25, 0.3) is 6.08 Å². The Morgan fingerprint density at radius 1 is 1.05 bits per heavy atom. The standard InChI is InChI=1S/C17H14Br2O3/c1-21-16-9-13(14(19)10-17(16)22-2)15(20)7-6-11-4-3-5-12(18)8-11/h3-10H,1-2H3/b7-6+. The topological polar surface area (TPSA) is 35.5 Å². The zero-order chi connectivity index (χ0) is 16.1. The predicted octanol–water partition coefficient (Wildman–Crippen LogP) is 5.12. The van der Waals surface area contributed by atoms with Crippen molar-refractivity contribution in [2.24, 2.45) is 0 Å². The van der Waals surface area contributed by atoms with Crippen LogP contribution in [-0.2, 0) is 0 Å². The van der Waals surface area contributed by atoms with Gasteiger partial charge in [0.1, 0.15) is 0 Å². The maximum atomic E-state index is 12.4. The molecular formula is C17H14Br2O3. The molecule has 0 heterocycles. The van der Waals surface area contributed by atoms with Crippen molar-refractivity contribution in [1.82, 2.24) is 0 Å². The minimum Gasteiger partial charge on any atom is -0.493 e. The van der Waals surface area contributed by atoms with Crippen molar-refractivity contribution in [1.29, 1.82) is 0 Å². The lowest BCUT2D eigenvalue weighted by atomic mass is 10.1. The average Bonchev–Trinajstić information content (AvgIpc) is 2.52. The van der Waals surface area contributed by atoms with Gasteiger partial charge in [0, 0.05) is 14.5 Å². The summed E-state index contributed by atoms with van der Waals surface area (Å²) in [7, 11) is 3.09. The summed E-state index contributed by atoms with van der Waals surface area (Å²) in [6.45, 7) is 0. The third-order valence-electron chi connectivity index (χ3n) is 3.01. The third kappa shape index (κ3) is 3.99. The van der Waals surface area contributed by atoms with Crippen LogP contribution in [0.2, 0.25) is 0 Å². The number of hydrogen-bond acceptors (Lipinski definition) is 3. The summed E-state index contributed by atoms with van der Waals surface area (Å²) in [5.74, 6) is 0.972. The zero-order valence-electron chi connectivity index (χ0n) is 12.1. The number of allylic oxidation sites excluding steroid dienone is 1. The summed E-state index contributed by atoms with van der Waals surface area (Å²) < 4.78 is 12.1. The molecule has 0 N–H and O–H groups in total. The zero-order valence-corrected chi connectivity index (χ0v) is 15.3. The molecule has 2 aromatic carbocycles. The Labute approximate surface area is 146 Å². The first kappa shape index (κ1) is 16.8. The first-order valence-corrected chi connectivity index (χ1v) is 8.03. The lowest BCUT2D eigenvalue weighted by molar-refractivity contribution is 0.104. The van der Waals surface area contributed by atoms with E-state index in [1.54, 1.807) is 25.3 Å². The lowest BCUT2D eigenvalue weighted by Crippen LogP contribution is -1.99. The Balaban J connectivity index is 2.29. The van der Waals surface area contributed by atoms with Crippen molar-refractivity contribution >= 4 is 43.7 Å². The van der Waals surface area contributed by atoms with Crippen molar-refractivity contribution < 1.29 is 14.3 Å². The molecular weight excluding hydrogens is 412 g/mol. The Morgan fingerprint density at radius 2 is 1.73 bits per heavy atom. The third-order valence-corrected chi connectivity index (χ3v) is 4.16. The first-order chi connectivity index (χ1) is 10.5. The molecule has 5 heteroatoms. The van der Waals surface area contributed by atoms with Crippen molar-refractivity contribution in [3.05, 3.63) is 62.5 Å². The molecule has 0 aliphatic heterocycles. The monoisotopic (exact) mass is 424 g/mol. The van der Waals surface area contributed by atoms with Gasteiger partial charge in [-0.25, -0.2) is 0 Å². The average molecular weight is 426 g/mol. The Morgan fingerprint density at radius 3 is 2.36 bits per heavy atom. The van der Waals surface area contributed by atoms with Crippen LogP contribution in [0.3, 0.4) is 0 Å². The van der Waals surface area contributed by atoms with Gasteiger partial charge in [0.2, 0.25) is 0 Å². The SMILES string of the molecule is COc1cc(Br)c(C(=O)/C=C/c2cccc(Br)c2)cc1OC. The van der Waals surface area contributed by atoms with Gasteiger partial charge < -0.3 is 9.47 Å². The normalized spacial score (nSPS) is 10.7. The van der Waals surface area contributed by atoms with Gasteiger partial charge in [-0.15, -0.1) is 0 Å². The molecule has 0 spiro atoms. The molecule has 0 unspecified atom stereocenters. The molecule has 0 aliphatic rings. The Kier molecular flexibility index (Phi) is 5.80. The molecule has 0 atom stereocenters. The molecule has 3 nitrogen and oxygen atoms in total. The summed E-state index contributed by atoms with van der Waals surface area (Å²) in [5.41, 5.74) is 1.46. The van der Waals surface area contributed by atoms with E-state index >= 15 is 0 Å². The summed E-state index contributed by atoms with van der Waals surface area (Å²) in [5, 5.41) is 0. The van der Waals surface area contributed by atoms with Crippen LogP contribution < -0.4 is 9.47 Å². The van der Waals surface area contributed by atoms with Crippen LogP contribution in [0.1, 0.15) is 15.9 Å². The van der Waals surface area contributed by atoms with Crippen molar-refractivity contribution in [2.75, 3.05) is 14.2 Å². The fraction of sp³-hybridized carbons (Fsp3) is 0.118. The molecule has 0 radical (unpaired) electrons. The van der Waals surface area contributed by atoms with Crippen LogP contribution in [0.4, 0.5) is 0 Å². The second kappa shape index (κ2) is 7.61. The maximum absolute atomic E-state index is 12.4. The van der Waals surface area contributed by atoms with Gasteiger partial charge in [0.05, 0.1) is 14.2 Å². The molecule has 0 saturated carbocycles. The van der Waals surface area contributed by atoms with Crippen LogP contribution in [-0.4, -0.2) is 20.0 Å². The summed E-state index contributed by atoms with van der Waals surface area (Å²) in [6.07, 6.45) is 3.31. The van der Waals surface area contributed by atoms with E-state index in [0.29, 0.717) is 21.5 Å². The Hall–Kier alpha value is -1.59. The predicted molar refractivity (Wildman–Crippen MR) is 94.8 cm³/mol. The van der Waals surface area contributed by atoms with Gasteiger partial charge in [0.15, 0.2) is 17.3 Å². The smallest absolute Gasteiger partial charge is 0.187 e. The van der Waals surface area contributed by atoms with Crippen LogP contribution in [0.15, 0.2) is 51.4 Å². The number of carbonyl (C=O) groups is 1. The van der Waals surface area contributed by atoms with E-state index in [2.05, 4.69) is 31.9 Å². The number of benzene rings is 2. The van der Waals surface area contributed by atoms with Gasteiger partial charge in [-0.05, 0) is 51.8 Å². The molecule has 22 heavy (non-hydrogen) atoms. The quantitative estimate of drug-likeness (QED) is 0.492. The van der Waals surface area contributed by atoms with Crippen LogP contribution >= 0.6 is 31.9 Å². The molecule has 2 aromatic rings. The second-order valence-corrected chi connectivity index (χ2v) is 6.21. The van der Waals surface area contributed by atoms with Crippen molar-refractivity contribution in [3.8, 4) is 11.5 Å². The van der Waals surface area contributed by atoms with Gasteiger partial charge >= 0.3 is 0 Å². The van der Waals surface area contributed by atoms with E-state index in [9.17, 15) is 4.79 Å². The summed E-state index contributed by atoms with van der Waals surface area (Å²) in [4.78, 5) is 12.4. The molecule has 0 saturated heterocycles. The lowest BCUT2D eigenvalue weighted by Gasteiger charge is -2.10. The highest BCUT2D eigenvalue weighted by atomic mass is 79.9. The number of hydrogen-bond donors (Lipinski definition) is 0. The van der Waals surface area contributed by atoms with E-state index in [-0.39, 0.29) is 5.78 Å². The minimum atomic E-state index is -0.118. The van der Waals surface area contributed by atoms with E-state index in [4.69, 9.17) is 9.47 Å². The van der Waals surface area contributed by atoms with Gasteiger partial charge in [0.25, 0.3) is 0 Å². The van der Waals surface area contributed by atoms with Crippen molar-refractivity contribution in [2.45, 2.75) is 0 Å². The largest absolute Gasteiger partial charge is 0.493 e.